The summed E-state index contributed by atoms with van der Waals surface area (Å²) in [5.41, 5.74) is 11.2. The fourth-order valence-corrected chi connectivity index (χ4v) is 14.2. The van der Waals surface area contributed by atoms with Gasteiger partial charge in [0.25, 0.3) is 0 Å². The first-order valence-corrected chi connectivity index (χ1v) is 29.3. The molecular formula is C62H78N4O8. The molecule has 3 aromatic rings. The number of carbonyl (C=O) groups is 4. The van der Waals surface area contributed by atoms with Crippen LogP contribution >= 0.6 is 0 Å². The molecule has 3 aromatic heterocycles. The second-order valence-electron chi connectivity index (χ2n) is 22.9. The van der Waals surface area contributed by atoms with E-state index in [1.165, 1.54) is 0 Å². The number of aromatic nitrogens is 4. The van der Waals surface area contributed by atoms with Crippen LogP contribution in [0.5, 0.6) is 0 Å². The molecule has 11 rings (SSSR count). The molecule has 0 amide bonds. The first-order chi connectivity index (χ1) is 36.3. The molecule has 74 heavy (non-hydrogen) atoms. The van der Waals surface area contributed by atoms with E-state index < -0.39 is 0 Å². The fourth-order valence-electron chi connectivity index (χ4n) is 14.2. The number of fused-ring (bicyclic) bond motifs is 16. The predicted octanol–water partition coefficient (Wildman–Crippen LogP) is 14.4. The zero-order chi connectivity index (χ0) is 50.4. The first kappa shape index (κ1) is 50.6. The lowest BCUT2D eigenvalue weighted by atomic mass is 9.80. The highest BCUT2D eigenvalue weighted by Gasteiger charge is 2.39. The van der Waals surface area contributed by atoms with Crippen LogP contribution in [0.3, 0.4) is 0 Å². The van der Waals surface area contributed by atoms with E-state index >= 15 is 0 Å². The SMILES string of the molecule is O=C1CCCCCCCC(=O)O[C@@H]2CCCC[C@H]2c2c3nc(c(c4ccc([nH]4)c4c5nc(c(c6ccc2[nH]6)[C@@H]2CCCC[C@H]2OC(=O)CCCCCCCC(=O)O[C@@H]2CCCC[C@@H]42)C=C5)[C@@H]2CCCC[C@H]2O1)C=C3. The number of nitrogens with one attached hydrogen (secondary N) is 2. The fraction of sp³-hybridized carbons (Fsp3) is 0.613. The Bertz CT molecular complexity index is 2420. The molecular weight excluding hydrogens is 929 g/mol. The number of aromatic amines is 2. The summed E-state index contributed by atoms with van der Waals surface area (Å²) in [4.78, 5) is 74.4. The molecule has 394 valence electrons. The van der Waals surface area contributed by atoms with E-state index in [1.807, 2.05) is 0 Å². The Balaban J connectivity index is 1.19. The summed E-state index contributed by atoms with van der Waals surface area (Å²) in [6.07, 6.45) is 32.0. The van der Waals surface area contributed by atoms with Crippen molar-refractivity contribution in [2.45, 2.75) is 241 Å². The van der Waals surface area contributed by atoms with Crippen LogP contribution in [0, 0.1) is 0 Å². The summed E-state index contributed by atoms with van der Waals surface area (Å²) >= 11 is 0. The van der Waals surface area contributed by atoms with Crippen molar-refractivity contribution in [1.29, 1.82) is 0 Å². The van der Waals surface area contributed by atoms with Gasteiger partial charge in [-0.1, -0.05) is 64.2 Å². The Hall–Kier alpha value is -5.52. The third-order valence-electron chi connectivity index (χ3n) is 17.9. The average Bonchev–Trinajstić information content (AvgIpc) is 4.26. The number of H-pyrrole nitrogens is 2. The summed E-state index contributed by atoms with van der Waals surface area (Å²) in [6.45, 7) is 0. The van der Waals surface area contributed by atoms with Gasteiger partial charge in [-0.25, -0.2) is 9.97 Å². The van der Waals surface area contributed by atoms with Crippen LogP contribution in [0.4, 0.5) is 0 Å². The number of rotatable bonds is 0. The van der Waals surface area contributed by atoms with Crippen LogP contribution < -0.4 is 0 Å². The van der Waals surface area contributed by atoms with Crippen molar-refractivity contribution in [2.75, 3.05) is 0 Å². The summed E-state index contributed by atoms with van der Waals surface area (Å²) in [7, 11) is 0. The quantitative estimate of drug-likeness (QED) is 0.113. The second kappa shape index (κ2) is 23.6. The molecule has 12 nitrogen and oxygen atoms in total. The van der Waals surface area contributed by atoms with Crippen molar-refractivity contribution in [3.63, 3.8) is 0 Å². The average molecular weight is 1010 g/mol. The molecule has 2 N–H and O–H groups in total. The van der Waals surface area contributed by atoms with E-state index in [9.17, 15) is 19.2 Å². The number of esters is 4. The molecule has 0 saturated heterocycles. The Labute approximate surface area is 436 Å². The van der Waals surface area contributed by atoms with Gasteiger partial charge in [0.15, 0.2) is 0 Å². The predicted molar refractivity (Wildman–Crippen MR) is 288 cm³/mol. The molecule has 0 aromatic carbocycles. The number of nitrogens with zero attached hydrogens (tertiary/aromatic N) is 2. The van der Waals surface area contributed by atoms with Crippen molar-refractivity contribution >= 4 is 70.2 Å². The summed E-state index contributed by atoms with van der Waals surface area (Å²) in [5, 5.41) is 0. The van der Waals surface area contributed by atoms with E-state index in [4.69, 9.17) is 28.9 Å². The molecule has 4 aliphatic heterocycles. The van der Waals surface area contributed by atoms with Crippen LogP contribution in [0.25, 0.3) is 46.4 Å². The van der Waals surface area contributed by atoms with Crippen molar-refractivity contribution < 1.29 is 38.1 Å². The van der Waals surface area contributed by atoms with Gasteiger partial charge in [0.05, 0.1) is 22.8 Å². The van der Waals surface area contributed by atoms with E-state index in [1.54, 1.807) is 0 Å². The Morgan fingerprint density at radius 2 is 0.541 bits per heavy atom. The molecule has 0 spiro atoms. The largest absolute Gasteiger partial charge is 0.462 e. The highest BCUT2D eigenvalue weighted by atomic mass is 16.6. The maximum absolute atomic E-state index is 13.8. The van der Waals surface area contributed by atoms with E-state index in [0.29, 0.717) is 25.7 Å². The van der Waals surface area contributed by atoms with Gasteiger partial charge in [-0.3, -0.25) is 19.2 Å². The van der Waals surface area contributed by atoms with Crippen LogP contribution in [0.1, 0.15) is 261 Å². The zero-order valence-corrected chi connectivity index (χ0v) is 43.6. The lowest BCUT2D eigenvalue weighted by Crippen LogP contribution is -2.30. The number of hydrogen-bond acceptors (Lipinski definition) is 10. The van der Waals surface area contributed by atoms with Crippen LogP contribution in [-0.4, -0.2) is 68.2 Å². The van der Waals surface area contributed by atoms with Crippen molar-refractivity contribution in [3.8, 4) is 0 Å². The minimum absolute atomic E-state index is 0.110. The van der Waals surface area contributed by atoms with Gasteiger partial charge in [-0.2, -0.15) is 0 Å². The molecule has 4 fully saturated rings. The Kier molecular flexibility index (Phi) is 16.1. The summed E-state index contributed by atoms with van der Waals surface area (Å²) < 4.78 is 26.2. The molecule has 0 unspecified atom stereocenters. The Morgan fingerprint density at radius 3 is 0.797 bits per heavy atom. The van der Waals surface area contributed by atoms with Crippen LogP contribution in [-0.2, 0) is 38.1 Å². The normalized spacial score (nSPS) is 29.0. The van der Waals surface area contributed by atoms with E-state index in [-0.39, 0.29) is 72.0 Å². The molecule has 8 aliphatic rings. The molecule has 12 heteroatoms. The molecule has 12 bridgehead atoms. The molecule has 4 saturated carbocycles. The highest BCUT2D eigenvalue weighted by Crippen LogP contribution is 2.46. The van der Waals surface area contributed by atoms with Gasteiger partial charge in [-0.05, 0) is 151 Å². The van der Waals surface area contributed by atoms with Gasteiger partial charge < -0.3 is 28.9 Å². The minimum atomic E-state index is -0.304. The van der Waals surface area contributed by atoms with Crippen LogP contribution in [0.15, 0.2) is 24.3 Å². The van der Waals surface area contributed by atoms with E-state index in [0.717, 1.165) is 234 Å². The third-order valence-corrected chi connectivity index (χ3v) is 17.9. The molecule has 0 radical (unpaired) electrons. The molecule has 4 aliphatic carbocycles. The monoisotopic (exact) mass is 1010 g/mol. The van der Waals surface area contributed by atoms with Gasteiger partial charge in [0.1, 0.15) is 24.4 Å². The lowest BCUT2D eigenvalue weighted by Gasteiger charge is -2.33. The highest BCUT2D eigenvalue weighted by molar-refractivity contribution is 5.85. The number of carbonyl (C=O) groups excluding carboxylic acids is 4. The summed E-state index contributed by atoms with van der Waals surface area (Å²) in [6, 6.07) is 8.71. The zero-order valence-electron chi connectivity index (χ0n) is 43.6. The minimum Gasteiger partial charge on any atom is -0.462 e. The van der Waals surface area contributed by atoms with Crippen molar-refractivity contribution in [1.82, 2.24) is 19.9 Å². The lowest BCUT2D eigenvalue weighted by molar-refractivity contribution is -0.152. The summed E-state index contributed by atoms with van der Waals surface area (Å²) in [5.74, 6) is -1.04. The number of hydrogen-bond donors (Lipinski definition) is 2. The molecule has 8 atom stereocenters. The van der Waals surface area contributed by atoms with Gasteiger partial charge in [0, 0.05) is 93.7 Å². The van der Waals surface area contributed by atoms with Crippen LogP contribution in [0.2, 0.25) is 0 Å². The standard InChI is InChI=1S/C62H78N4O8/c67-55-27-7-3-1-4-8-28-56(68)72-52-24-16-12-20-40(52)60-44-32-31-43(63-44)59(39-19-11-15-23-51(39)71-55)47-35-37-49(65-47)61-41-21-13-17-25-53(41)73-57(69)29-9-5-2-6-10-30-58(70)74-54-26-18-14-22-42(54)62(46-34-33-45(61)64-46)50-38-36-48(60)66-50/h31-42,51-54,65-66H,1-30H2/t39-,40-,41-,42-,51-,52-,53-,54-/m1/s1. The first-order valence-electron chi connectivity index (χ1n) is 29.3. The Morgan fingerprint density at radius 1 is 0.311 bits per heavy atom. The van der Waals surface area contributed by atoms with Crippen molar-refractivity contribution in [3.05, 3.63) is 69.3 Å². The smallest absolute Gasteiger partial charge is 0.306 e. The molecule has 7 heterocycles. The van der Waals surface area contributed by atoms with Gasteiger partial charge in [-0.15, -0.1) is 0 Å². The van der Waals surface area contributed by atoms with Gasteiger partial charge >= 0.3 is 23.9 Å². The maximum atomic E-state index is 13.8. The second-order valence-corrected chi connectivity index (χ2v) is 22.9. The maximum Gasteiger partial charge on any atom is 0.306 e. The van der Waals surface area contributed by atoms with E-state index in [2.05, 4.69) is 58.5 Å². The number of ether oxygens (including phenoxy) is 4. The van der Waals surface area contributed by atoms with Gasteiger partial charge in [0.2, 0.25) is 0 Å². The van der Waals surface area contributed by atoms with Crippen molar-refractivity contribution in [2.24, 2.45) is 0 Å². The topological polar surface area (TPSA) is 163 Å². The third kappa shape index (κ3) is 11.3.